The molecule has 0 aliphatic carbocycles. The average Bonchev–Trinajstić information content (AvgIpc) is 2.77. The maximum absolute atomic E-state index is 5.53. The summed E-state index contributed by atoms with van der Waals surface area (Å²) in [7, 11) is 0. The van der Waals surface area contributed by atoms with E-state index in [-0.39, 0.29) is 0 Å². The Labute approximate surface area is 90.6 Å². The van der Waals surface area contributed by atoms with E-state index < -0.39 is 0 Å². The molecule has 2 saturated heterocycles. The summed E-state index contributed by atoms with van der Waals surface area (Å²) in [5.41, 5.74) is 1.89. The summed E-state index contributed by atoms with van der Waals surface area (Å²) in [4.78, 5) is 0. The van der Waals surface area contributed by atoms with Crippen molar-refractivity contribution in [1.82, 2.24) is 5.32 Å². The van der Waals surface area contributed by atoms with Crippen LogP contribution in [0, 0.1) is 5.41 Å². The van der Waals surface area contributed by atoms with Gasteiger partial charge in [-0.1, -0.05) is 30.3 Å². The van der Waals surface area contributed by atoms with Crippen molar-refractivity contribution in [2.75, 3.05) is 19.8 Å². The molecule has 2 heteroatoms. The minimum absolute atomic E-state index is 0.454. The molecule has 3 rings (SSSR count). The number of nitrogens with one attached hydrogen (secondary N) is 1. The molecular weight excluding hydrogens is 186 g/mol. The molecule has 1 aromatic carbocycles. The second-order valence-electron chi connectivity index (χ2n) is 4.79. The highest BCUT2D eigenvalue weighted by Gasteiger charge is 2.48. The van der Waals surface area contributed by atoms with Gasteiger partial charge in [-0.15, -0.1) is 0 Å². The fourth-order valence-corrected chi connectivity index (χ4v) is 2.71. The Morgan fingerprint density at radius 2 is 2.20 bits per heavy atom. The zero-order valence-electron chi connectivity index (χ0n) is 8.91. The predicted molar refractivity (Wildman–Crippen MR) is 59.8 cm³/mol. The largest absolute Gasteiger partial charge is 0.381 e. The zero-order chi connectivity index (χ0) is 10.1. The summed E-state index contributed by atoms with van der Waals surface area (Å²) in [6, 6.07) is 11.4. The topological polar surface area (TPSA) is 21.3 Å². The van der Waals surface area contributed by atoms with Crippen molar-refractivity contribution in [1.29, 1.82) is 0 Å². The molecular formula is C13H17NO. The van der Waals surface area contributed by atoms with Crippen molar-refractivity contribution in [3.63, 3.8) is 0 Å². The molecule has 2 fully saturated rings. The third kappa shape index (κ3) is 1.58. The lowest BCUT2D eigenvalue weighted by Gasteiger charge is -2.47. The Morgan fingerprint density at radius 1 is 1.33 bits per heavy atom. The molecule has 2 aliphatic rings. The summed E-state index contributed by atoms with van der Waals surface area (Å²) >= 11 is 0. The van der Waals surface area contributed by atoms with Crippen LogP contribution in [0.4, 0.5) is 0 Å². The quantitative estimate of drug-likeness (QED) is 0.788. The zero-order valence-corrected chi connectivity index (χ0v) is 8.91. The van der Waals surface area contributed by atoms with Crippen LogP contribution < -0.4 is 5.32 Å². The van der Waals surface area contributed by atoms with Gasteiger partial charge in [-0.25, -0.2) is 0 Å². The molecule has 1 spiro atoms. The lowest BCUT2D eigenvalue weighted by molar-refractivity contribution is 0.0583. The van der Waals surface area contributed by atoms with E-state index in [9.17, 15) is 0 Å². The first-order valence-corrected chi connectivity index (χ1v) is 5.74. The normalized spacial score (nSPS) is 34.3. The molecule has 80 valence electrons. The predicted octanol–water partition coefficient (Wildman–Crippen LogP) is 1.61. The van der Waals surface area contributed by atoms with Crippen molar-refractivity contribution < 1.29 is 4.74 Å². The Bertz CT molecular complexity index is 330. The highest BCUT2D eigenvalue weighted by atomic mass is 16.5. The molecule has 0 saturated carbocycles. The number of hydrogen-bond acceptors (Lipinski definition) is 2. The van der Waals surface area contributed by atoms with Gasteiger partial charge in [0, 0.05) is 24.6 Å². The summed E-state index contributed by atoms with van der Waals surface area (Å²) < 4.78 is 5.53. The maximum Gasteiger partial charge on any atom is 0.0550 e. The van der Waals surface area contributed by atoms with Crippen LogP contribution >= 0.6 is 0 Å². The van der Waals surface area contributed by atoms with E-state index in [1.165, 1.54) is 12.0 Å². The van der Waals surface area contributed by atoms with Crippen LogP contribution in [0.15, 0.2) is 30.3 Å². The molecule has 15 heavy (non-hydrogen) atoms. The van der Waals surface area contributed by atoms with Crippen LogP contribution in [0.2, 0.25) is 0 Å². The standard InChI is InChI=1S/C13H17NO/c1-2-4-11(5-3-1)8-12-13(9-14-12)6-7-15-10-13/h1-5,12,14H,6-10H2. The van der Waals surface area contributed by atoms with Gasteiger partial charge in [0.1, 0.15) is 0 Å². The molecule has 2 aliphatic heterocycles. The Morgan fingerprint density at radius 3 is 2.80 bits per heavy atom. The molecule has 0 amide bonds. The van der Waals surface area contributed by atoms with E-state index in [4.69, 9.17) is 4.74 Å². The first kappa shape index (κ1) is 9.37. The van der Waals surface area contributed by atoms with Crippen molar-refractivity contribution in [2.45, 2.75) is 18.9 Å². The van der Waals surface area contributed by atoms with Crippen molar-refractivity contribution in [2.24, 2.45) is 5.41 Å². The number of ether oxygens (including phenoxy) is 1. The van der Waals surface area contributed by atoms with Crippen LogP contribution in [0.25, 0.3) is 0 Å². The van der Waals surface area contributed by atoms with Gasteiger partial charge >= 0.3 is 0 Å². The van der Waals surface area contributed by atoms with E-state index in [1.807, 2.05) is 0 Å². The highest BCUT2D eigenvalue weighted by Crippen LogP contribution is 2.39. The fourth-order valence-electron chi connectivity index (χ4n) is 2.71. The van der Waals surface area contributed by atoms with Gasteiger partial charge in [0.2, 0.25) is 0 Å². The minimum atomic E-state index is 0.454. The third-order valence-corrected chi connectivity index (χ3v) is 3.86. The van der Waals surface area contributed by atoms with Crippen LogP contribution in [-0.4, -0.2) is 25.8 Å². The fraction of sp³-hybridized carbons (Fsp3) is 0.538. The van der Waals surface area contributed by atoms with E-state index >= 15 is 0 Å². The van der Waals surface area contributed by atoms with E-state index in [2.05, 4.69) is 35.6 Å². The molecule has 2 atom stereocenters. The molecule has 1 aromatic rings. The summed E-state index contributed by atoms with van der Waals surface area (Å²) in [6.45, 7) is 3.05. The summed E-state index contributed by atoms with van der Waals surface area (Å²) in [5.74, 6) is 0. The van der Waals surface area contributed by atoms with Crippen molar-refractivity contribution in [3.05, 3.63) is 35.9 Å². The smallest absolute Gasteiger partial charge is 0.0550 e. The van der Waals surface area contributed by atoms with Gasteiger partial charge in [0.25, 0.3) is 0 Å². The van der Waals surface area contributed by atoms with E-state index in [1.54, 1.807) is 0 Å². The minimum Gasteiger partial charge on any atom is -0.381 e. The number of hydrogen-bond donors (Lipinski definition) is 1. The molecule has 0 aromatic heterocycles. The molecule has 0 bridgehead atoms. The van der Waals surface area contributed by atoms with Crippen molar-refractivity contribution in [3.8, 4) is 0 Å². The van der Waals surface area contributed by atoms with Gasteiger partial charge in [-0.05, 0) is 18.4 Å². The lowest BCUT2D eigenvalue weighted by Crippen LogP contribution is -2.63. The van der Waals surface area contributed by atoms with Crippen LogP contribution in [0.3, 0.4) is 0 Å². The second-order valence-corrected chi connectivity index (χ2v) is 4.79. The molecule has 2 nitrogen and oxygen atoms in total. The van der Waals surface area contributed by atoms with E-state index in [0.717, 1.165) is 26.2 Å². The van der Waals surface area contributed by atoms with Gasteiger partial charge in [-0.2, -0.15) is 0 Å². The number of benzene rings is 1. The highest BCUT2D eigenvalue weighted by molar-refractivity contribution is 5.19. The Balaban J connectivity index is 1.69. The molecule has 2 heterocycles. The average molecular weight is 203 g/mol. The Hall–Kier alpha value is -0.860. The van der Waals surface area contributed by atoms with Gasteiger partial charge < -0.3 is 10.1 Å². The SMILES string of the molecule is c1ccc(CC2NCC23CCOC3)cc1. The van der Waals surface area contributed by atoms with Crippen LogP contribution in [0.1, 0.15) is 12.0 Å². The first-order chi connectivity index (χ1) is 7.39. The monoisotopic (exact) mass is 203 g/mol. The van der Waals surface area contributed by atoms with Crippen LogP contribution in [0.5, 0.6) is 0 Å². The van der Waals surface area contributed by atoms with Gasteiger partial charge in [0.15, 0.2) is 0 Å². The molecule has 1 N–H and O–H groups in total. The second kappa shape index (κ2) is 3.62. The maximum atomic E-state index is 5.53. The van der Waals surface area contributed by atoms with Gasteiger partial charge in [-0.3, -0.25) is 0 Å². The van der Waals surface area contributed by atoms with Gasteiger partial charge in [0.05, 0.1) is 6.61 Å². The van der Waals surface area contributed by atoms with E-state index in [0.29, 0.717) is 11.5 Å². The first-order valence-electron chi connectivity index (χ1n) is 5.74. The Kier molecular flexibility index (Phi) is 2.26. The van der Waals surface area contributed by atoms with Crippen LogP contribution in [-0.2, 0) is 11.2 Å². The molecule has 0 radical (unpaired) electrons. The lowest BCUT2D eigenvalue weighted by atomic mass is 9.71. The summed E-state index contributed by atoms with van der Waals surface area (Å²) in [5, 5.41) is 3.55. The summed E-state index contributed by atoms with van der Waals surface area (Å²) in [6.07, 6.45) is 2.38. The number of rotatable bonds is 2. The van der Waals surface area contributed by atoms with Crippen molar-refractivity contribution >= 4 is 0 Å². The third-order valence-electron chi connectivity index (χ3n) is 3.86. The molecule has 2 unspecified atom stereocenters.